The lowest BCUT2D eigenvalue weighted by Crippen LogP contribution is -2.35. The average molecular weight is 354 g/mol. The van der Waals surface area contributed by atoms with E-state index in [1.165, 1.54) is 12.1 Å². The molecule has 0 aliphatic heterocycles. The number of hydrogen-bond acceptors (Lipinski definition) is 2. The molecule has 25 heavy (non-hydrogen) atoms. The van der Waals surface area contributed by atoms with Crippen molar-refractivity contribution >= 4 is 5.78 Å². The molecular formula is C18H11F5O2. The zero-order valence-electron chi connectivity index (χ0n) is 12.5. The van der Waals surface area contributed by atoms with Crippen molar-refractivity contribution in [2.75, 3.05) is 0 Å². The maximum absolute atomic E-state index is 14.0. The second-order valence-corrected chi connectivity index (χ2v) is 5.09. The summed E-state index contributed by atoms with van der Waals surface area (Å²) in [7, 11) is 0. The van der Waals surface area contributed by atoms with Crippen molar-refractivity contribution in [3.05, 3.63) is 71.3 Å². The number of hydrogen-bond donors (Lipinski definition) is 1. The minimum absolute atomic E-state index is 0.329. The first kappa shape index (κ1) is 18.6. The second kappa shape index (κ2) is 7.03. The van der Waals surface area contributed by atoms with E-state index >= 15 is 0 Å². The summed E-state index contributed by atoms with van der Waals surface area (Å²) < 4.78 is 65.4. The van der Waals surface area contributed by atoms with Crippen molar-refractivity contribution in [1.29, 1.82) is 0 Å². The fourth-order valence-electron chi connectivity index (χ4n) is 1.92. The molecule has 130 valence electrons. The molecular weight excluding hydrogens is 343 g/mol. The Hall–Kier alpha value is -2.72. The number of ketones is 1. The van der Waals surface area contributed by atoms with Crippen molar-refractivity contribution < 1.29 is 31.9 Å². The molecule has 2 aromatic carbocycles. The van der Waals surface area contributed by atoms with Crippen molar-refractivity contribution in [2.45, 2.75) is 18.2 Å². The monoisotopic (exact) mass is 354 g/mol. The largest absolute Gasteiger partial charge is 0.416 e. The van der Waals surface area contributed by atoms with Crippen LogP contribution in [0.4, 0.5) is 22.0 Å². The highest BCUT2D eigenvalue weighted by molar-refractivity contribution is 6.01. The van der Waals surface area contributed by atoms with Crippen LogP contribution in [0.15, 0.2) is 54.6 Å². The third-order valence-corrected chi connectivity index (χ3v) is 3.29. The van der Waals surface area contributed by atoms with Crippen LogP contribution in [0.2, 0.25) is 0 Å². The average Bonchev–Trinajstić information content (AvgIpc) is 2.59. The molecule has 0 radical (unpaired) electrons. The number of rotatable bonds is 3. The molecule has 0 saturated carbocycles. The molecule has 0 aliphatic carbocycles. The van der Waals surface area contributed by atoms with Crippen molar-refractivity contribution in [1.82, 2.24) is 0 Å². The van der Waals surface area contributed by atoms with Gasteiger partial charge in [-0.2, -0.15) is 22.0 Å². The predicted octanol–water partition coefficient (Wildman–Crippen LogP) is 3.99. The maximum atomic E-state index is 14.0. The van der Waals surface area contributed by atoms with Gasteiger partial charge in [0, 0.05) is 5.56 Å². The number of aliphatic hydroxyl groups is 1. The van der Waals surface area contributed by atoms with E-state index in [-0.39, 0.29) is 0 Å². The summed E-state index contributed by atoms with van der Waals surface area (Å²) in [6.07, 6.45) is -7.24. The fraction of sp³-hybridized carbons (Fsp3) is 0.167. The zero-order chi connectivity index (χ0) is 18.7. The Morgan fingerprint density at radius 3 is 2.00 bits per heavy atom. The van der Waals surface area contributed by atoms with Crippen molar-refractivity contribution in [3.63, 3.8) is 0 Å². The molecule has 1 N–H and O–H groups in total. The first-order valence-electron chi connectivity index (χ1n) is 6.97. The summed E-state index contributed by atoms with van der Waals surface area (Å²) in [5.74, 6) is -2.10. The Morgan fingerprint density at radius 1 is 0.920 bits per heavy atom. The zero-order valence-corrected chi connectivity index (χ0v) is 12.5. The van der Waals surface area contributed by atoms with Gasteiger partial charge in [0.1, 0.15) is 0 Å². The van der Waals surface area contributed by atoms with Gasteiger partial charge in [0.2, 0.25) is 0 Å². The number of Topliss-reactive ketones (excluding diaryl/α,β-unsaturated/α-hetero) is 1. The molecule has 0 aliphatic rings. The lowest BCUT2D eigenvalue weighted by atomic mass is 9.99. The van der Waals surface area contributed by atoms with E-state index in [9.17, 15) is 31.9 Å². The number of benzene rings is 2. The number of alkyl halides is 5. The van der Waals surface area contributed by atoms with Crippen LogP contribution in [-0.4, -0.2) is 16.8 Å². The van der Waals surface area contributed by atoms with Gasteiger partial charge >= 0.3 is 12.1 Å². The van der Waals surface area contributed by atoms with Crippen LogP contribution in [-0.2, 0) is 11.0 Å². The van der Waals surface area contributed by atoms with Gasteiger partial charge in [0.15, 0.2) is 6.10 Å². The van der Waals surface area contributed by atoms with Crippen molar-refractivity contribution in [3.8, 4) is 11.8 Å². The van der Waals surface area contributed by atoms with Gasteiger partial charge < -0.3 is 5.11 Å². The summed E-state index contributed by atoms with van der Waals surface area (Å²) in [5, 5.41) is 9.69. The topological polar surface area (TPSA) is 37.3 Å². The summed E-state index contributed by atoms with van der Waals surface area (Å²) in [6, 6.07) is 10.4. The van der Waals surface area contributed by atoms with Gasteiger partial charge in [-0.3, -0.25) is 4.79 Å². The molecule has 7 heteroatoms. The highest BCUT2D eigenvalue weighted by Crippen LogP contribution is 2.34. The van der Waals surface area contributed by atoms with Gasteiger partial charge in [-0.05, 0) is 35.7 Å². The lowest BCUT2D eigenvalue weighted by molar-refractivity contribution is -0.155. The highest BCUT2D eigenvalue weighted by Gasteiger charge is 2.46. The molecule has 0 amide bonds. The first-order chi connectivity index (χ1) is 11.6. The molecule has 1 unspecified atom stereocenters. The number of halogens is 5. The van der Waals surface area contributed by atoms with Gasteiger partial charge in [-0.1, -0.05) is 36.3 Å². The van der Waals surface area contributed by atoms with Crippen molar-refractivity contribution in [2.24, 2.45) is 0 Å². The third kappa shape index (κ3) is 4.43. The van der Waals surface area contributed by atoms with E-state index in [1.54, 1.807) is 24.1 Å². The Balaban J connectivity index is 2.20. The molecule has 0 aromatic heterocycles. The van der Waals surface area contributed by atoms with Crippen LogP contribution in [0.1, 0.15) is 22.8 Å². The van der Waals surface area contributed by atoms with Gasteiger partial charge in [0.05, 0.1) is 5.56 Å². The molecule has 0 saturated heterocycles. The molecule has 0 spiro atoms. The van der Waals surface area contributed by atoms with Crippen LogP contribution in [0.3, 0.4) is 0 Å². The highest BCUT2D eigenvalue weighted by atomic mass is 19.4. The molecule has 2 aromatic rings. The van der Waals surface area contributed by atoms with E-state index in [0.717, 1.165) is 0 Å². The van der Waals surface area contributed by atoms with Crippen LogP contribution in [0.25, 0.3) is 0 Å². The predicted molar refractivity (Wildman–Crippen MR) is 79.7 cm³/mol. The van der Waals surface area contributed by atoms with Gasteiger partial charge in [0.25, 0.3) is 5.78 Å². The Bertz CT molecular complexity index is 799. The van der Waals surface area contributed by atoms with Crippen LogP contribution in [0.5, 0.6) is 0 Å². The normalized spacial score (nSPS) is 12.9. The fourth-order valence-corrected chi connectivity index (χ4v) is 1.92. The van der Waals surface area contributed by atoms with Crippen LogP contribution >= 0.6 is 0 Å². The van der Waals surface area contributed by atoms with E-state index in [4.69, 9.17) is 0 Å². The molecule has 2 nitrogen and oxygen atoms in total. The summed E-state index contributed by atoms with van der Waals surface area (Å²) in [4.78, 5) is 11.6. The second-order valence-electron chi connectivity index (χ2n) is 5.09. The van der Waals surface area contributed by atoms with E-state index in [0.29, 0.717) is 29.8 Å². The molecule has 1 atom stereocenters. The van der Waals surface area contributed by atoms with Crippen LogP contribution < -0.4 is 0 Å². The number of carbonyl (C=O) groups excluding carboxylic acids is 1. The van der Waals surface area contributed by atoms with E-state index in [2.05, 4.69) is 5.92 Å². The van der Waals surface area contributed by atoms with Gasteiger partial charge in [-0.25, -0.2) is 0 Å². The van der Waals surface area contributed by atoms with E-state index < -0.39 is 35.1 Å². The minimum atomic E-state index is -4.64. The molecule has 0 heterocycles. The third-order valence-electron chi connectivity index (χ3n) is 3.29. The number of aliphatic hydroxyl groups excluding tert-OH is 1. The minimum Gasteiger partial charge on any atom is -0.382 e. The Labute approximate surface area is 139 Å². The quantitative estimate of drug-likeness (QED) is 0.668. The Kier molecular flexibility index (Phi) is 5.24. The summed E-state index contributed by atoms with van der Waals surface area (Å²) in [5.41, 5.74) is -1.24. The maximum Gasteiger partial charge on any atom is 0.416 e. The SMILES string of the molecule is O=C(C#Cc1ccccc1)C(F)(F)C(O)c1ccc(C(F)(F)F)cc1. The smallest absolute Gasteiger partial charge is 0.382 e. The summed E-state index contributed by atoms with van der Waals surface area (Å²) >= 11 is 0. The van der Waals surface area contributed by atoms with Gasteiger partial charge in [-0.15, -0.1) is 0 Å². The molecule has 2 rings (SSSR count). The van der Waals surface area contributed by atoms with E-state index in [1.807, 2.05) is 0 Å². The first-order valence-corrected chi connectivity index (χ1v) is 6.97. The Morgan fingerprint density at radius 2 is 1.48 bits per heavy atom. The standard InChI is InChI=1S/C18H11F5O2/c19-17(20,15(24)11-6-12-4-2-1-3-5-12)16(25)13-7-9-14(10-8-13)18(21,22)23/h1-5,7-10,16,25H. The molecule has 0 bridgehead atoms. The lowest BCUT2D eigenvalue weighted by Gasteiger charge is -2.19. The van der Waals surface area contributed by atoms with Crippen LogP contribution in [0, 0.1) is 11.8 Å². The molecule has 0 fully saturated rings. The number of carbonyl (C=O) groups is 1. The summed E-state index contributed by atoms with van der Waals surface area (Å²) in [6.45, 7) is 0.